The van der Waals surface area contributed by atoms with Crippen LogP contribution in [0.25, 0.3) is 11.0 Å². The van der Waals surface area contributed by atoms with Crippen molar-refractivity contribution in [2.24, 2.45) is 11.3 Å². The van der Waals surface area contributed by atoms with Crippen molar-refractivity contribution >= 4 is 16.8 Å². The highest BCUT2D eigenvalue weighted by atomic mass is 19.4. The highest BCUT2D eigenvalue weighted by Crippen LogP contribution is 2.62. The topological polar surface area (TPSA) is 34.9 Å². The van der Waals surface area contributed by atoms with E-state index in [1.165, 1.54) is 13.0 Å². The van der Waals surface area contributed by atoms with E-state index in [2.05, 4.69) is 11.9 Å². The van der Waals surface area contributed by atoms with E-state index >= 15 is 0 Å². The second kappa shape index (κ2) is 7.55. The lowest BCUT2D eigenvalue weighted by atomic mass is 9.78. The number of fused-ring (bicyclic) bond motifs is 1. The molecular formula is C23H27F5N2O. The summed E-state index contributed by atoms with van der Waals surface area (Å²) in [5, 5.41) is 0. The molecule has 0 saturated heterocycles. The van der Waals surface area contributed by atoms with Crippen LogP contribution in [0.15, 0.2) is 12.1 Å². The second-order valence-corrected chi connectivity index (χ2v) is 9.52. The fraction of sp³-hybridized carbons (Fsp3) is 0.652. The molecule has 2 aromatic rings. The zero-order valence-electron chi connectivity index (χ0n) is 17.8. The number of nitrogens with zero attached hydrogens (tertiary/aromatic N) is 2. The highest BCUT2D eigenvalue weighted by Gasteiger charge is 2.67. The largest absolute Gasteiger partial charge is 0.395 e. The molecule has 0 bridgehead atoms. The van der Waals surface area contributed by atoms with Crippen LogP contribution in [0.2, 0.25) is 0 Å². The number of rotatable bonds is 8. The van der Waals surface area contributed by atoms with Gasteiger partial charge in [-0.2, -0.15) is 13.2 Å². The van der Waals surface area contributed by atoms with E-state index in [-0.39, 0.29) is 30.6 Å². The van der Waals surface area contributed by atoms with Crippen molar-refractivity contribution in [3.05, 3.63) is 29.6 Å². The third kappa shape index (κ3) is 3.76. The molecule has 2 aliphatic rings. The first kappa shape index (κ1) is 22.2. The quantitative estimate of drug-likeness (QED) is 0.347. The first-order chi connectivity index (χ1) is 14.5. The molecule has 0 spiro atoms. The van der Waals surface area contributed by atoms with Crippen molar-refractivity contribution in [3.63, 3.8) is 0 Å². The van der Waals surface area contributed by atoms with Crippen LogP contribution in [-0.2, 0) is 16.8 Å². The average Bonchev–Trinajstić information content (AvgIpc) is 3.42. The van der Waals surface area contributed by atoms with Gasteiger partial charge in [-0.15, -0.1) is 0 Å². The average molecular weight is 442 g/mol. The summed E-state index contributed by atoms with van der Waals surface area (Å²) < 4.78 is 69.3. The van der Waals surface area contributed by atoms with Crippen molar-refractivity contribution in [3.8, 4) is 0 Å². The number of aryl methyl sites for hydroxylation is 1. The van der Waals surface area contributed by atoms with E-state index in [4.69, 9.17) is 0 Å². The number of aromatic nitrogens is 2. The lowest BCUT2D eigenvalue weighted by Gasteiger charge is -2.41. The van der Waals surface area contributed by atoms with Gasteiger partial charge < -0.3 is 4.57 Å². The van der Waals surface area contributed by atoms with E-state index in [1.54, 1.807) is 0 Å². The summed E-state index contributed by atoms with van der Waals surface area (Å²) >= 11 is 0. The smallest absolute Gasteiger partial charge is 0.322 e. The van der Waals surface area contributed by atoms with Gasteiger partial charge in [0.05, 0.1) is 16.4 Å². The van der Waals surface area contributed by atoms with Crippen LogP contribution in [0, 0.1) is 23.0 Å². The van der Waals surface area contributed by atoms with E-state index < -0.39 is 29.1 Å². The van der Waals surface area contributed by atoms with E-state index in [9.17, 15) is 26.7 Å². The monoisotopic (exact) mass is 442 g/mol. The maximum Gasteiger partial charge on any atom is 0.395 e. The molecule has 0 N–H and O–H groups in total. The Kier molecular flexibility index (Phi) is 5.41. The van der Waals surface area contributed by atoms with Gasteiger partial charge in [0.25, 0.3) is 0 Å². The van der Waals surface area contributed by atoms with Crippen LogP contribution in [0.3, 0.4) is 0 Å². The predicted octanol–water partition coefficient (Wildman–Crippen LogP) is 6.47. The van der Waals surface area contributed by atoms with Crippen molar-refractivity contribution < 1.29 is 26.7 Å². The fourth-order valence-electron chi connectivity index (χ4n) is 5.01. The molecule has 2 aliphatic carbocycles. The Bertz CT molecular complexity index is 1000. The Morgan fingerprint density at radius 1 is 1.13 bits per heavy atom. The molecular weight excluding hydrogens is 415 g/mol. The third-order valence-electron chi connectivity index (χ3n) is 7.48. The van der Waals surface area contributed by atoms with Crippen LogP contribution in [0.1, 0.15) is 71.0 Å². The molecule has 2 fully saturated rings. The highest BCUT2D eigenvalue weighted by molar-refractivity contribution is 5.82. The lowest BCUT2D eigenvalue weighted by molar-refractivity contribution is -0.202. The summed E-state index contributed by atoms with van der Waals surface area (Å²) in [6.07, 6.45) is 0.224. The Labute approximate surface area is 178 Å². The molecule has 0 radical (unpaired) electrons. The summed E-state index contributed by atoms with van der Waals surface area (Å²) in [7, 11) is 0. The van der Waals surface area contributed by atoms with E-state index in [1.807, 2.05) is 4.57 Å². The number of carbonyl (C=O) groups is 1. The molecule has 8 heteroatoms. The molecule has 1 aromatic heterocycles. The number of carbonyl (C=O) groups excluding carboxylic acids is 1. The van der Waals surface area contributed by atoms with E-state index in [0.717, 1.165) is 25.3 Å². The van der Waals surface area contributed by atoms with Gasteiger partial charge >= 0.3 is 6.18 Å². The summed E-state index contributed by atoms with van der Waals surface area (Å²) in [6.45, 7) is 3.46. The number of ketones is 1. The SMILES string of the molecule is CC(C(=O)CCCCc1nc2cc(F)c(F)cc2n1C1(C)CCC1)C1(C(F)(F)F)CC1. The minimum absolute atomic E-state index is 0.0269. The lowest BCUT2D eigenvalue weighted by Crippen LogP contribution is -2.38. The molecule has 4 rings (SSSR count). The van der Waals surface area contributed by atoms with Gasteiger partial charge in [-0.1, -0.05) is 6.92 Å². The number of hydrogen-bond acceptors (Lipinski definition) is 2. The van der Waals surface area contributed by atoms with Gasteiger partial charge in [0.1, 0.15) is 11.6 Å². The summed E-state index contributed by atoms with van der Waals surface area (Å²) in [5.41, 5.74) is -1.08. The summed E-state index contributed by atoms with van der Waals surface area (Å²) in [5.74, 6) is -2.52. The number of Topliss-reactive ketones (excluding diaryl/α,β-unsaturated/α-hetero) is 1. The van der Waals surface area contributed by atoms with Crippen LogP contribution in [0.5, 0.6) is 0 Å². The number of alkyl halides is 3. The molecule has 0 aliphatic heterocycles. The van der Waals surface area contributed by atoms with Gasteiger partial charge in [0.2, 0.25) is 0 Å². The van der Waals surface area contributed by atoms with Crippen molar-refractivity contribution in [2.75, 3.05) is 0 Å². The number of halogens is 5. The zero-order chi connectivity index (χ0) is 22.6. The van der Waals surface area contributed by atoms with Crippen LogP contribution in [0.4, 0.5) is 22.0 Å². The van der Waals surface area contributed by atoms with Crippen molar-refractivity contribution in [2.45, 2.75) is 83.4 Å². The maximum absolute atomic E-state index is 13.9. The Balaban J connectivity index is 1.44. The molecule has 1 aromatic carbocycles. The molecule has 1 atom stereocenters. The fourth-order valence-corrected chi connectivity index (χ4v) is 5.01. The van der Waals surface area contributed by atoms with Gasteiger partial charge in [-0.3, -0.25) is 4.79 Å². The Morgan fingerprint density at radius 2 is 1.77 bits per heavy atom. The zero-order valence-corrected chi connectivity index (χ0v) is 17.8. The predicted molar refractivity (Wildman–Crippen MR) is 107 cm³/mol. The van der Waals surface area contributed by atoms with Gasteiger partial charge in [-0.25, -0.2) is 13.8 Å². The Hall–Kier alpha value is -1.99. The summed E-state index contributed by atoms with van der Waals surface area (Å²) in [4.78, 5) is 16.9. The summed E-state index contributed by atoms with van der Waals surface area (Å²) in [6, 6.07) is 2.28. The first-order valence-electron chi connectivity index (χ1n) is 10.9. The number of benzene rings is 1. The van der Waals surface area contributed by atoms with Crippen molar-refractivity contribution in [1.82, 2.24) is 9.55 Å². The number of unbranched alkanes of at least 4 members (excludes halogenated alkanes) is 1. The molecule has 2 saturated carbocycles. The minimum Gasteiger partial charge on any atom is -0.322 e. The van der Waals surface area contributed by atoms with Crippen LogP contribution >= 0.6 is 0 Å². The second-order valence-electron chi connectivity index (χ2n) is 9.52. The minimum atomic E-state index is -4.34. The normalized spacial score (nSPS) is 20.5. The molecule has 3 nitrogen and oxygen atoms in total. The first-order valence-corrected chi connectivity index (χ1v) is 10.9. The molecule has 0 amide bonds. The van der Waals surface area contributed by atoms with Crippen molar-refractivity contribution in [1.29, 1.82) is 0 Å². The van der Waals surface area contributed by atoms with Crippen LogP contribution < -0.4 is 0 Å². The van der Waals surface area contributed by atoms with Gasteiger partial charge in [-0.05, 0) is 51.9 Å². The molecule has 31 heavy (non-hydrogen) atoms. The third-order valence-corrected chi connectivity index (χ3v) is 7.48. The van der Waals surface area contributed by atoms with E-state index in [0.29, 0.717) is 36.1 Å². The van der Waals surface area contributed by atoms with Crippen LogP contribution in [-0.4, -0.2) is 21.5 Å². The maximum atomic E-state index is 13.9. The molecule has 170 valence electrons. The van der Waals surface area contributed by atoms with Gasteiger partial charge in [0.15, 0.2) is 11.6 Å². The standard InChI is InChI=1S/C23H27F5N2O/c1-14(22(10-11-22)23(26,27)28)19(31)6-3-4-7-20-29-17-12-15(24)16(25)13-18(17)30(20)21(2)8-5-9-21/h12-14H,3-11H2,1-2H3. The molecule has 1 unspecified atom stereocenters. The number of imidazole rings is 1. The Morgan fingerprint density at radius 3 is 2.32 bits per heavy atom. The van der Waals surface area contributed by atoms with Gasteiger partial charge in [0, 0.05) is 36.4 Å². The molecule has 1 heterocycles. The number of hydrogen-bond donors (Lipinski definition) is 0.